The summed E-state index contributed by atoms with van der Waals surface area (Å²) in [5, 5.41) is 9.98. The molecule has 1 N–H and O–H groups in total. The summed E-state index contributed by atoms with van der Waals surface area (Å²) in [5.41, 5.74) is 2.72. The molecule has 1 nitrogen and oxygen atoms in total. The normalized spacial score (nSPS) is 11.5. The van der Waals surface area contributed by atoms with E-state index >= 15 is 0 Å². The highest BCUT2D eigenvalue weighted by atomic mass is 16.3. The van der Waals surface area contributed by atoms with Crippen LogP contribution < -0.4 is 0 Å². The molecule has 2 aromatic rings. The third kappa shape index (κ3) is 3.18. The maximum absolute atomic E-state index is 9.98. The summed E-state index contributed by atoms with van der Waals surface area (Å²) in [6.45, 7) is 3.63. The molecule has 0 fully saturated rings. The van der Waals surface area contributed by atoms with Crippen molar-refractivity contribution in [2.24, 2.45) is 0 Å². The van der Waals surface area contributed by atoms with Crippen LogP contribution in [0.4, 0.5) is 0 Å². The van der Waals surface area contributed by atoms with Crippen LogP contribution in [-0.2, 0) is 12.0 Å². The molecular weight excluding hydrogens is 208 g/mol. The molecule has 0 amide bonds. The molecule has 2 aromatic carbocycles. The zero-order chi connectivity index (χ0) is 12.3. The first kappa shape index (κ1) is 11.9. The molecule has 0 radical (unpaired) electrons. The lowest BCUT2D eigenvalue weighted by Crippen LogP contribution is -2.15. The van der Waals surface area contributed by atoms with Crippen molar-refractivity contribution in [3.05, 3.63) is 71.3 Å². The van der Waals surface area contributed by atoms with E-state index in [-0.39, 0.29) is 0 Å². The van der Waals surface area contributed by atoms with Crippen molar-refractivity contribution in [1.82, 2.24) is 0 Å². The second-order valence-electron chi connectivity index (χ2n) is 4.92. The van der Waals surface area contributed by atoms with Crippen LogP contribution in [0.3, 0.4) is 0 Å². The van der Waals surface area contributed by atoms with Crippen molar-refractivity contribution in [3.63, 3.8) is 0 Å². The van der Waals surface area contributed by atoms with E-state index in [4.69, 9.17) is 0 Å². The molecule has 0 heterocycles. The highest BCUT2D eigenvalue weighted by Gasteiger charge is 2.15. The average Bonchev–Trinajstić information content (AvgIpc) is 2.29. The van der Waals surface area contributed by atoms with Gasteiger partial charge in [-0.1, -0.05) is 54.6 Å². The Morgan fingerprint density at radius 1 is 0.882 bits per heavy atom. The molecule has 88 valence electrons. The zero-order valence-corrected chi connectivity index (χ0v) is 10.4. The Balaban J connectivity index is 2.23. The molecule has 0 aliphatic heterocycles. The minimum Gasteiger partial charge on any atom is -0.386 e. The van der Waals surface area contributed by atoms with E-state index in [1.54, 1.807) is 0 Å². The Morgan fingerprint density at radius 2 is 1.53 bits per heavy atom. The van der Waals surface area contributed by atoms with Crippen LogP contribution in [0.2, 0.25) is 0 Å². The van der Waals surface area contributed by atoms with Gasteiger partial charge < -0.3 is 5.11 Å². The van der Waals surface area contributed by atoms with Crippen LogP contribution in [0.15, 0.2) is 54.6 Å². The van der Waals surface area contributed by atoms with Crippen molar-refractivity contribution >= 4 is 0 Å². The predicted molar refractivity (Wildman–Crippen MR) is 70.9 cm³/mol. The molecule has 0 saturated heterocycles. The lowest BCUT2D eigenvalue weighted by atomic mass is 9.94. The molecule has 2 rings (SSSR count). The summed E-state index contributed by atoms with van der Waals surface area (Å²) < 4.78 is 0. The molecule has 0 saturated carbocycles. The van der Waals surface area contributed by atoms with E-state index in [2.05, 4.69) is 36.4 Å². The van der Waals surface area contributed by atoms with Gasteiger partial charge in [-0.3, -0.25) is 0 Å². The fourth-order valence-corrected chi connectivity index (χ4v) is 1.89. The molecular formula is C16H18O. The summed E-state index contributed by atoms with van der Waals surface area (Å²) in [4.78, 5) is 0. The molecule has 0 bridgehead atoms. The lowest BCUT2D eigenvalue weighted by molar-refractivity contribution is 0.0785. The number of hydrogen-bond acceptors (Lipinski definition) is 1. The first-order chi connectivity index (χ1) is 8.05. The summed E-state index contributed by atoms with van der Waals surface area (Å²) >= 11 is 0. The molecule has 0 aliphatic carbocycles. The molecule has 0 spiro atoms. The van der Waals surface area contributed by atoms with Gasteiger partial charge in [0.25, 0.3) is 0 Å². The predicted octanol–water partition coefficient (Wildman–Crippen LogP) is 3.50. The highest BCUT2D eigenvalue weighted by Crippen LogP contribution is 2.21. The number of rotatable bonds is 3. The van der Waals surface area contributed by atoms with Crippen molar-refractivity contribution in [2.45, 2.75) is 25.9 Å². The van der Waals surface area contributed by atoms with Crippen molar-refractivity contribution in [1.29, 1.82) is 0 Å². The highest BCUT2D eigenvalue weighted by molar-refractivity contribution is 5.31. The largest absolute Gasteiger partial charge is 0.386 e. The van der Waals surface area contributed by atoms with Gasteiger partial charge in [-0.2, -0.15) is 0 Å². The lowest BCUT2D eigenvalue weighted by Gasteiger charge is -2.18. The number of aliphatic hydroxyl groups is 1. The summed E-state index contributed by atoms with van der Waals surface area (Å²) in [7, 11) is 0. The van der Waals surface area contributed by atoms with E-state index in [0.29, 0.717) is 0 Å². The standard InChI is InChI=1S/C16H18O/c1-16(2,17)15-10-6-9-14(12-15)11-13-7-4-3-5-8-13/h3-10,12,17H,11H2,1-2H3. The van der Waals surface area contributed by atoms with Gasteiger partial charge in [-0.15, -0.1) is 0 Å². The van der Waals surface area contributed by atoms with E-state index in [0.717, 1.165) is 12.0 Å². The third-order valence-corrected chi connectivity index (χ3v) is 2.88. The Bertz CT molecular complexity index is 480. The maximum atomic E-state index is 9.98. The van der Waals surface area contributed by atoms with Gasteiger partial charge in [0.1, 0.15) is 0 Å². The summed E-state index contributed by atoms with van der Waals surface area (Å²) in [6.07, 6.45) is 0.907. The Labute approximate surface area is 103 Å². The molecule has 1 heteroatoms. The van der Waals surface area contributed by atoms with E-state index in [1.165, 1.54) is 11.1 Å². The van der Waals surface area contributed by atoms with Gasteiger partial charge >= 0.3 is 0 Å². The first-order valence-electron chi connectivity index (χ1n) is 5.91. The van der Waals surface area contributed by atoms with Gasteiger partial charge in [0.2, 0.25) is 0 Å². The van der Waals surface area contributed by atoms with Gasteiger partial charge in [0.15, 0.2) is 0 Å². The van der Waals surface area contributed by atoms with E-state index in [1.807, 2.05) is 32.0 Å². The van der Waals surface area contributed by atoms with Gasteiger partial charge in [0.05, 0.1) is 5.60 Å². The number of benzene rings is 2. The third-order valence-electron chi connectivity index (χ3n) is 2.88. The zero-order valence-electron chi connectivity index (χ0n) is 10.4. The van der Waals surface area contributed by atoms with Crippen molar-refractivity contribution in [2.75, 3.05) is 0 Å². The van der Waals surface area contributed by atoms with E-state index in [9.17, 15) is 5.11 Å². The smallest absolute Gasteiger partial charge is 0.0840 e. The maximum Gasteiger partial charge on any atom is 0.0840 e. The number of hydrogen-bond donors (Lipinski definition) is 1. The first-order valence-corrected chi connectivity index (χ1v) is 5.91. The summed E-state index contributed by atoms with van der Waals surface area (Å²) in [5.74, 6) is 0. The van der Waals surface area contributed by atoms with Crippen LogP contribution in [0.25, 0.3) is 0 Å². The SMILES string of the molecule is CC(C)(O)c1cccc(Cc2ccccc2)c1. The quantitative estimate of drug-likeness (QED) is 0.849. The molecule has 0 unspecified atom stereocenters. The molecule has 17 heavy (non-hydrogen) atoms. The molecule has 0 atom stereocenters. The minimum absolute atomic E-state index is 0.771. The molecule has 0 aliphatic rings. The minimum atomic E-state index is -0.771. The second kappa shape index (κ2) is 4.72. The van der Waals surface area contributed by atoms with Crippen molar-refractivity contribution < 1.29 is 5.11 Å². The van der Waals surface area contributed by atoms with Gasteiger partial charge in [-0.05, 0) is 37.0 Å². The molecule has 0 aromatic heterocycles. The topological polar surface area (TPSA) is 20.2 Å². The Kier molecular flexibility index (Phi) is 3.30. The summed E-state index contributed by atoms with van der Waals surface area (Å²) in [6, 6.07) is 18.5. The fourth-order valence-electron chi connectivity index (χ4n) is 1.89. The van der Waals surface area contributed by atoms with Gasteiger partial charge in [-0.25, -0.2) is 0 Å². The Hall–Kier alpha value is -1.60. The second-order valence-corrected chi connectivity index (χ2v) is 4.92. The average molecular weight is 226 g/mol. The van der Waals surface area contributed by atoms with Crippen LogP contribution in [-0.4, -0.2) is 5.11 Å². The van der Waals surface area contributed by atoms with Crippen LogP contribution >= 0.6 is 0 Å². The van der Waals surface area contributed by atoms with Crippen molar-refractivity contribution in [3.8, 4) is 0 Å². The fraction of sp³-hybridized carbons (Fsp3) is 0.250. The Morgan fingerprint density at radius 3 is 2.18 bits per heavy atom. The van der Waals surface area contributed by atoms with Crippen LogP contribution in [0.1, 0.15) is 30.5 Å². The van der Waals surface area contributed by atoms with Crippen LogP contribution in [0.5, 0.6) is 0 Å². The van der Waals surface area contributed by atoms with E-state index < -0.39 is 5.60 Å². The van der Waals surface area contributed by atoms with Gasteiger partial charge in [0, 0.05) is 0 Å². The van der Waals surface area contributed by atoms with Crippen LogP contribution in [0, 0.1) is 0 Å². The monoisotopic (exact) mass is 226 g/mol.